The zero-order chi connectivity index (χ0) is 14.8. The third-order valence-electron chi connectivity index (χ3n) is 3.36. The molecule has 1 fully saturated rings. The maximum absolute atomic E-state index is 12.0. The number of nitrogens with one attached hydrogen (secondary N) is 1. The van der Waals surface area contributed by atoms with E-state index in [1.54, 1.807) is 25.1 Å². The van der Waals surface area contributed by atoms with Gasteiger partial charge in [-0.1, -0.05) is 11.6 Å². The van der Waals surface area contributed by atoms with Crippen molar-refractivity contribution in [2.24, 2.45) is 5.92 Å². The van der Waals surface area contributed by atoms with Crippen LogP contribution in [0.4, 0.5) is 5.69 Å². The highest BCUT2D eigenvalue weighted by Crippen LogP contribution is 2.39. The topological polar surface area (TPSA) is 78.9 Å². The van der Waals surface area contributed by atoms with Gasteiger partial charge in [0.25, 0.3) is 0 Å². The fourth-order valence-corrected chi connectivity index (χ4v) is 3.02. The molecule has 1 atom stereocenters. The standard InChI is InChI=1S/C14H16ClN3OS/c1-14(8-16,9-2-3-9)18-13(19)7-20-12-6-10(15)4-5-11(12)17/h4-6,9H,2-3,7,17H2,1H3,(H,18,19). The van der Waals surface area contributed by atoms with Crippen LogP contribution in [0.25, 0.3) is 0 Å². The smallest absolute Gasteiger partial charge is 0.231 e. The zero-order valence-corrected chi connectivity index (χ0v) is 12.7. The molecule has 20 heavy (non-hydrogen) atoms. The van der Waals surface area contributed by atoms with E-state index >= 15 is 0 Å². The minimum Gasteiger partial charge on any atom is -0.398 e. The SMILES string of the molecule is CC(C#N)(NC(=O)CSc1cc(Cl)ccc1N)C1CC1. The second kappa shape index (κ2) is 5.94. The van der Waals surface area contributed by atoms with Crippen molar-refractivity contribution in [3.63, 3.8) is 0 Å². The average molecular weight is 310 g/mol. The van der Waals surface area contributed by atoms with E-state index in [2.05, 4.69) is 11.4 Å². The van der Waals surface area contributed by atoms with E-state index in [0.29, 0.717) is 10.7 Å². The number of halogens is 1. The van der Waals surface area contributed by atoms with Gasteiger partial charge in [0.15, 0.2) is 0 Å². The van der Waals surface area contributed by atoms with E-state index in [-0.39, 0.29) is 17.6 Å². The highest BCUT2D eigenvalue weighted by Gasteiger charge is 2.42. The summed E-state index contributed by atoms with van der Waals surface area (Å²) in [5.74, 6) is 0.331. The van der Waals surface area contributed by atoms with Crippen molar-refractivity contribution in [2.75, 3.05) is 11.5 Å². The third kappa shape index (κ3) is 3.59. The van der Waals surface area contributed by atoms with Gasteiger partial charge in [0, 0.05) is 15.6 Å². The molecule has 3 N–H and O–H groups in total. The molecule has 1 amide bonds. The molecular weight excluding hydrogens is 294 g/mol. The normalized spacial score (nSPS) is 17.1. The summed E-state index contributed by atoms with van der Waals surface area (Å²) in [6.07, 6.45) is 2.00. The minimum absolute atomic E-state index is 0.162. The number of carbonyl (C=O) groups excluding carboxylic acids is 1. The molecule has 1 saturated carbocycles. The Labute approximate surface area is 127 Å². The quantitative estimate of drug-likeness (QED) is 0.647. The van der Waals surface area contributed by atoms with Crippen LogP contribution in [0, 0.1) is 17.2 Å². The van der Waals surface area contributed by atoms with E-state index in [0.717, 1.165) is 17.7 Å². The van der Waals surface area contributed by atoms with Crippen molar-refractivity contribution in [1.82, 2.24) is 5.32 Å². The number of nitrogens with two attached hydrogens (primary N) is 1. The summed E-state index contributed by atoms with van der Waals surface area (Å²) < 4.78 is 0. The number of rotatable bonds is 5. The summed E-state index contributed by atoms with van der Waals surface area (Å²) >= 11 is 7.22. The van der Waals surface area contributed by atoms with E-state index < -0.39 is 5.54 Å². The molecule has 1 aliphatic rings. The van der Waals surface area contributed by atoms with Crippen molar-refractivity contribution in [1.29, 1.82) is 5.26 Å². The molecule has 0 saturated heterocycles. The molecule has 0 radical (unpaired) electrons. The monoisotopic (exact) mass is 309 g/mol. The number of nitrogen functional groups attached to an aromatic ring is 1. The first kappa shape index (κ1) is 15.0. The second-order valence-corrected chi connectivity index (χ2v) is 6.56. The highest BCUT2D eigenvalue weighted by molar-refractivity contribution is 8.00. The fraction of sp³-hybridized carbons (Fsp3) is 0.429. The first-order chi connectivity index (χ1) is 9.44. The Hall–Kier alpha value is -1.38. The maximum Gasteiger partial charge on any atom is 0.231 e. The molecule has 1 aliphatic carbocycles. The summed E-state index contributed by atoms with van der Waals surface area (Å²) in [5, 5.41) is 12.6. The van der Waals surface area contributed by atoms with Gasteiger partial charge in [-0.3, -0.25) is 4.79 Å². The molecule has 1 aromatic rings. The molecule has 1 unspecified atom stereocenters. The largest absolute Gasteiger partial charge is 0.398 e. The molecule has 1 aromatic carbocycles. The lowest BCUT2D eigenvalue weighted by atomic mass is 9.98. The molecule has 106 valence electrons. The lowest BCUT2D eigenvalue weighted by Crippen LogP contribution is -2.47. The Bertz CT molecular complexity index is 568. The Morgan fingerprint density at radius 3 is 2.95 bits per heavy atom. The van der Waals surface area contributed by atoms with E-state index in [9.17, 15) is 10.1 Å². The van der Waals surface area contributed by atoms with Gasteiger partial charge in [0.05, 0.1) is 11.8 Å². The van der Waals surface area contributed by atoms with Crippen molar-refractivity contribution in [3.05, 3.63) is 23.2 Å². The number of benzene rings is 1. The van der Waals surface area contributed by atoms with Crippen LogP contribution in [-0.4, -0.2) is 17.2 Å². The van der Waals surface area contributed by atoms with Crippen molar-refractivity contribution >= 4 is 35.0 Å². The van der Waals surface area contributed by atoms with Crippen LogP contribution in [-0.2, 0) is 4.79 Å². The molecular formula is C14H16ClN3OS. The van der Waals surface area contributed by atoms with Gasteiger partial charge in [-0.2, -0.15) is 5.26 Å². The lowest BCUT2D eigenvalue weighted by Gasteiger charge is -2.22. The number of carbonyl (C=O) groups is 1. The molecule has 2 rings (SSSR count). The molecule has 0 bridgehead atoms. The number of hydrogen-bond acceptors (Lipinski definition) is 4. The predicted octanol–water partition coefficient (Wildman–Crippen LogP) is 2.82. The first-order valence-corrected chi connectivity index (χ1v) is 7.71. The highest BCUT2D eigenvalue weighted by atomic mass is 35.5. The van der Waals surface area contributed by atoms with Gasteiger partial charge in [-0.25, -0.2) is 0 Å². The third-order valence-corrected chi connectivity index (χ3v) is 4.67. The average Bonchev–Trinajstić information content (AvgIpc) is 3.24. The van der Waals surface area contributed by atoms with Crippen LogP contribution in [0.1, 0.15) is 19.8 Å². The zero-order valence-electron chi connectivity index (χ0n) is 11.1. The summed E-state index contributed by atoms with van der Waals surface area (Å²) in [6.45, 7) is 1.78. The summed E-state index contributed by atoms with van der Waals surface area (Å²) in [6, 6.07) is 7.36. The molecule has 0 aliphatic heterocycles. The Kier molecular flexibility index (Phi) is 4.46. The van der Waals surface area contributed by atoms with Gasteiger partial charge < -0.3 is 11.1 Å². The van der Waals surface area contributed by atoms with Crippen LogP contribution in [0.2, 0.25) is 5.02 Å². The van der Waals surface area contributed by atoms with Crippen LogP contribution in [0.3, 0.4) is 0 Å². The number of amides is 1. The van der Waals surface area contributed by atoms with E-state index in [1.807, 2.05) is 0 Å². The summed E-state index contributed by atoms with van der Waals surface area (Å²) in [7, 11) is 0. The summed E-state index contributed by atoms with van der Waals surface area (Å²) in [5.41, 5.74) is 5.67. The van der Waals surface area contributed by atoms with Gasteiger partial charge in [-0.15, -0.1) is 11.8 Å². The fourth-order valence-electron chi connectivity index (χ4n) is 1.98. The minimum atomic E-state index is -0.752. The molecule has 4 nitrogen and oxygen atoms in total. The Morgan fingerprint density at radius 2 is 2.35 bits per heavy atom. The number of nitriles is 1. The van der Waals surface area contributed by atoms with Gasteiger partial charge >= 0.3 is 0 Å². The van der Waals surface area contributed by atoms with E-state index in [4.69, 9.17) is 17.3 Å². The number of hydrogen-bond donors (Lipinski definition) is 2. The predicted molar refractivity (Wildman–Crippen MR) is 81.5 cm³/mol. The van der Waals surface area contributed by atoms with E-state index in [1.165, 1.54) is 11.8 Å². The van der Waals surface area contributed by atoms with Crippen LogP contribution in [0.15, 0.2) is 23.1 Å². The first-order valence-electron chi connectivity index (χ1n) is 6.34. The number of thioether (sulfide) groups is 1. The van der Waals surface area contributed by atoms with Gasteiger partial charge in [0.1, 0.15) is 5.54 Å². The van der Waals surface area contributed by atoms with Crippen molar-refractivity contribution in [2.45, 2.75) is 30.2 Å². The molecule has 6 heteroatoms. The van der Waals surface area contributed by atoms with Gasteiger partial charge in [-0.05, 0) is 43.9 Å². The molecule has 0 aromatic heterocycles. The van der Waals surface area contributed by atoms with Crippen molar-refractivity contribution < 1.29 is 4.79 Å². The summed E-state index contributed by atoms with van der Waals surface area (Å²) in [4.78, 5) is 12.7. The van der Waals surface area contributed by atoms with Crippen LogP contribution < -0.4 is 11.1 Å². The molecule has 0 spiro atoms. The Morgan fingerprint density at radius 1 is 1.65 bits per heavy atom. The number of nitrogens with zero attached hydrogens (tertiary/aromatic N) is 1. The van der Waals surface area contributed by atoms with Crippen LogP contribution in [0.5, 0.6) is 0 Å². The van der Waals surface area contributed by atoms with Crippen LogP contribution >= 0.6 is 23.4 Å². The second-order valence-electron chi connectivity index (χ2n) is 5.11. The van der Waals surface area contributed by atoms with Crippen molar-refractivity contribution in [3.8, 4) is 6.07 Å². The maximum atomic E-state index is 12.0. The number of anilines is 1. The lowest BCUT2D eigenvalue weighted by molar-refractivity contribution is -0.119. The molecule has 0 heterocycles. The Balaban J connectivity index is 1.92. The van der Waals surface area contributed by atoms with Gasteiger partial charge in [0.2, 0.25) is 5.91 Å².